The fourth-order valence-electron chi connectivity index (χ4n) is 3.30. The molecule has 116 valence electrons. The zero-order valence-corrected chi connectivity index (χ0v) is 13.0. The van der Waals surface area contributed by atoms with Crippen LogP contribution in [0.15, 0.2) is 0 Å². The third-order valence-corrected chi connectivity index (χ3v) is 4.86. The van der Waals surface area contributed by atoms with E-state index in [1.165, 1.54) is 0 Å². The number of carbonyl (C=O) groups excluding carboxylic acids is 1. The number of piperidine rings is 2. The maximum Gasteiger partial charge on any atom is 0.276 e. The molecule has 6 nitrogen and oxygen atoms in total. The highest BCUT2D eigenvalue weighted by Gasteiger charge is 2.27. The van der Waals surface area contributed by atoms with E-state index < -0.39 is 0 Å². The highest BCUT2D eigenvalue weighted by molar-refractivity contribution is 5.93. The summed E-state index contributed by atoms with van der Waals surface area (Å²) in [5.41, 5.74) is 1.47. The lowest BCUT2D eigenvalue weighted by Gasteiger charge is -2.29. The molecule has 0 aromatic carbocycles. The van der Waals surface area contributed by atoms with E-state index in [2.05, 4.69) is 22.6 Å². The normalized spacial score (nSPS) is 21.7. The topological polar surface area (TPSA) is 63.1 Å². The van der Waals surface area contributed by atoms with Crippen LogP contribution in [0, 0.1) is 12.8 Å². The van der Waals surface area contributed by atoms with Gasteiger partial charge in [-0.05, 0) is 51.6 Å². The number of carbonyl (C=O) groups is 1. The molecule has 0 radical (unpaired) electrons. The van der Waals surface area contributed by atoms with Gasteiger partial charge in [0.05, 0.1) is 11.7 Å². The molecule has 6 heteroatoms. The number of likely N-dealkylation sites (tertiary alicyclic amines) is 1. The van der Waals surface area contributed by atoms with E-state index in [9.17, 15) is 4.79 Å². The first-order valence-corrected chi connectivity index (χ1v) is 8.08. The lowest BCUT2D eigenvalue weighted by Crippen LogP contribution is -2.38. The first-order valence-electron chi connectivity index (χ1n) is 8.08. The second-order valence-electron chi connectivity index (χ2n) is 6.42. The molecule has 2 fully saturated rings. The number of nitrogens with one attached hydrogen (secondary N) is 1. The molecular weight excluding hydrogens is 266 g/mol. The average molecular weight is 291 g/mol. The van der Waals surface area contributed by atoms with Crippen molar-refractivity contribution in [2.75, 3.05) is 26.2 Å². The fourth-order valence-corrected chi connectivity index (χ4v) is 3.30. The minimum atomic E-state index is 0.0552. The molecule has 2 aliphatic rings. The van der Waals surface area contributed by atoms with Gasteiger partial charge in [0, 0.05) is 13.1 Å². The summed E-state index contributed by atoms with van der Waals surface area (Å²) in [5, 5.41) is 11.8. The Labute approximate surface area is 125 Å². The van der Waals surface area contributed by atoms with Crippen molar-refractivity contribution in [3.8, 4) is 0 Å². The van der Waals surface area contributed by atoms with Gasteiger partial charge >= 0.3 is 0 Å². The van der Waals surface area contributed by atoms with Crippen LogP contribution in [0.25, 0.3) is 0 Å². The second kappa shape index (κ2) is 6.13. The van der Waals surface area contributed by atoms with Gasteiger partial charge in [-0.1, -0.05) is 12.1 Å². The fraction of sp³-hybridized carbons (Fsp3) is 0.800. The van der Waals surface area contributed by atoms with Crippen LogP contribution in [0.4, 0.5) is 0 Å². The van der Waals surface area contributed by atoms with Crippen molar-refractivity contribution in [2.24, 2.45) is 5.92 Å². The van der Waals surface area contributed by atoms with Crippen LogP contribution < -0.4 is 5.32 Å². The summed E-state index contributed by atoms with van der Waals surface area (Å²) in [6.45, 7) is 7.94. The zero-order valence-electron chi connectivity index (χ0n) is 13.0. The van der Waals surface area contributed by atoms with Crippen molar-refractivity contribution in [1.82, 2.24) is 25.2 Å². The molecule has 0 spiro atoms. The molecule has 0 aliphatic carbocycles. The third-order valence-electron chi connectivity index (χ3n) is 4.86. The Morgan fingerprint density at radius 1 is 1.19 bits per heavy atom. The lowest BCUT2D eigenvalue weighted by atomic mass is 9.99. The number of hydrogen-bond donors (Lipinski definition) is 1. The van der Waals surface area contributed by atoms with Gasteiger partial charge in [0.2, 0.25) is 0 Å². The smallest absolute Gasteiger partial charge is 0.276 e. The van der Waals surface area contributed by atoms with Crippen molar-refractivity contribution < 1.29 is 4.79 Å². The highest BCUT2D eigenvalue weighted by Crippen LogP contribution is 2.22. The van der Waals surface area contributed by atoms with Crippen LogP contribution in [-0.4, -0.2) is 52.0 Å². The van der Waals surface area contributed by atoms with Gasteiger partial charge in [0.1, 0.15) is 0 Å². The molecule has 0 bridgehead atoms. The summed E-state index contributed by atoms with van der Waals surface area (Å²) in [6.07, 6.45) is 4.29. The molecule has 3 rings (SSSR count). The largest absolute Gasteiger partial charge is 0.337 e. The Balaban J connectivity index is 1.73. The van der Waals surface area contributed by atoms with Gasteiger partial charge in [0.15, 0.2) is 5.69 Å². The molecule has 0 atom stereocenters. The Hall–Kier alpha value is -1.43. The standard InChI is InChI=1S/C15H25N5O/c1-11-5-9-19(10-6-11)15(21)14-12(2)20(18-17-14)13-3-7-16-8-4-13/h11,13,16H,3-10H2,1-2H3. The first kappa shape index (κ1) is 14.5. The number of aromatic nitrogens is 3. The minimum absolute atomic E-state index is 0.0552. The molecule has 2 saturated heterocycles. The highest BCUT2D eigenvalue weighted by atomic mass is 16.2. The van der Waals surface area contributed by atoms with Gasteiger partial charge < -0.3 is 10.2 Å². The summed E-state index contributed by atoms with van der Waals surface area (Å²) in [5.74, 6) is 0.778. The molecule has 2 aliphatic heterocycles. The molecule has 1 amide bonds. The summed E-state index contributed by atoms with van der Waals surface area (Å²) in [4.78, 5) is 14.6. The predicted molar refractivity (Wildman–Crippen MR) is 80.2 cm³/mol. The molecule has 3 heterocycles. The lowest BCUT2D eigenvalue weighted by molar-refractivity contribution is 0.0690. The zero-order chi connectivity index (χ0) is 14.8. The van der Waals surface area contributed by atoms with Crippen LogP contribution >= 0.6 is 0 Å². The minimum Gasteiger partial charge on any atom is -0.337 e. The van der Waals surface area contributed by atoms with Crippen molar-refractivity contribution in [2.45, 2.75) is 45.6 Å². The summed E-state index contributed by atoms with van der Waals surface area (Å²) >= 11 is 0. The van der Waals surface area contributed by atoms with Gasteiger partial charge in [-0.25, -0.2) is 4.68 Å². The van der Waals surface area contributed by atoms with Crippen molar-refractivity contribution >= 4 is 5.91 Å². The summed E-state index contributed by atoms with van der Waals surface area (Å²) < 4.78 is 1.96. The van der Waals surface area contributed by atoms with Crippen LogP contribution in [0.3, 0.4) is 0 Å². The van der Waals surface area contributed by atoms with Gasteiger partial charge in [-0.3, -0.25) is 4.79 Å². The Morgan fingerprint density at radius 2 is 1.86 bits per heavy atom. The molecule has 21 heavy (non-hydrogen) atoms. The first-order chi connectivity index (χ1) is 10.2. The second-order valence-corrected chi connectivity index (χ2v) is 6.42. The van der Waals surface area contributed by atoms with E-state index in [1.807, 2.05) is 16.5 Å². The van der Waals surface area contributed by atoms with Crippen LogP contribution in [0.5, 0.6) is 0 Å². The Bertz CT molecular complexity index is 498. The van der Waals surface area contributed by atoms with Crippen molar-refractivity contribution in [1.29, 1.82) is 0 Å². The van der Waals surface area contributed by atoms with Crippen molar-refractivity contribution in [3.05, 3.63) is 11.4 Å². The van der Waals surface area contributed by atoms with E-state index in [-0.39, 0.29) is 5.91 Å². The maximum atomic E-state index is 12.6. The van der Waals surface area contributed by atoms with E-state index >= 15 is 0 Å². The molecular formula is C15H25N5O. The molecule has 0 saturated carbocycles. The summed E-state index contributed by atoms with van der Waals surface area (Å²) in [7, 11) is 0. The van der Waals surface area contributed by atoms with Gasteiger partial charge in [-0.2, -0.15) is 0 Å². The Kier molecular flexibility index (Phi) is 4.24. The summed E-state index contributed by atoms with van der Waals surface area (Å²) in [6, 6.07) is 0.377. The van der Waals surface area contributed by atoms with Gasteiger partial charge in [0.25, 0.3) is 5.91 Å². The van der Waals surface area contributed by atoms with E-state index in [0.29, 0.717) is 11.7 Å². The van der Waals surface area contributed by atoms with E-state index in [4.69, 9.17) is 0 Å². The molecule has 0 unspecified atom stereocenters. The van der Waals surface area contributed by atoms with Crippen LogP contribution in [-0.2, 0) is 0 Å². The van der Waals surface area contributed by atoms with Crippen LogP contribution in [0.2, 0.25) is 0 Å². The Morgan fingerprint density at radius 3 is 2.52 bits per heavy atom. The number of rotatable bonds is 2. The molecule has 1 N–H and O–H groups in total. The third kappa shape index (κ3) is 2.95. The van der Waals surface area contributed by atoms with Gasteiger partial charge in [-0.15, -0.1) is 5.10 Å². The van der Waals surface area contributed by atoms with E-state index in [0.717, 1.165) is 63.5 Å². The average Bonchev–Trinajstić information content (AvgIpc) is 2.90. The predicted octanol–water partition coefficient (Wildman–Crippen LogP) is 1.38. The maximum absolute atomic E-state index is 12.6. The van der Waals surface area contributed by atoms with Crippen LogP contribution in [0.1, 0.15) is 54.8 Å². The monoisotopic (exact) mass is 291 g/mol. The van der Waals surface area contributed by atoms with Crippen molar-refractivity contribution in [3.63, 3.8) is 0 Å². The van der Waals surface area contributed by atoms with E-state index in [1.54, 1.807) is 0 Å². The molecule has 1 aromatic rings. The number of nitrogens with zero attached hydrogens (tertiary/aromatic N) is 4. The molecule has 1 aromatic heterocycles. The quantitative estimate of drug-likeness (QED) is 0.894. The number of amides is 1. The number of hydrogen-bond acceptors (Lipinski definition) is 4. The SMILES string of the molecule is Cc1c(C(=O)N2CCC(C)CC2)nnn1C1CCNCC1.